The first-order valence-electron chi connectivity index (χ1n) is 8.76. The Labute approximate surface area is 168 Å². The number of carboxylic acid groups (broad SMARTS) is 1. The molecule has 27 heavy (non-hydrogen) atoms. The van der Waals surface area contributed by atoms with Gasteiger partial charge in [0.25, 0.3) is 0 Å². The second-order valence-electron chi connectivity index (χ2n) is 4.71. The molecule has 2 aromatic carbocycles. The van der Waals surface area contributed by atoms with Crippen LogP contribution in [0.3, 0.4) is 0 Å². The van der Waals surface area contributed by atoms with E-state index in [1.54, 1.807) is 16.7 Å². The fourth-order valence-electron chi connectivity index (χ4n) is 2.21. The lowest BCUT2D eigenvalue weighted by Crippen LogP contribution is -1.92. The maximum atomic E-state index is 10.7. The van der Waals surface area contributed by atoms with Crippen LogP contribution in [0.2, 0.25) is 0 Å². The van der Waals surface area contributed by atoms with E-state index in [0.29, 0.717) is 5.56 Å². The Kier molecular flexibility index (Phi) is 9.81. The van der Waals surface area contributed by atoms with E-state index in [0.717, 1.165) is 21.0 Å². The highest BCUT2D eigenvalue weighted by molar-refractivity contribution is 7.17. The van der Waals surface area contributed by atoms with Gasteiger partial charge in [0.2, 0.25) is 0 Å². The van der Waals surface area contributed by atoms with Crippen LogP contribution in [-0.2, 0) is 0 Å². The summed E-state index contributed by atoms with van der Waals surface area (Å²) in [4.78, 5) is 10.7. The van der Waals surface area contributed by atoms with Gasteiger partial charge in [-0.05, 0) is 12.1 Å². The quantitative estimate of drug-likeness (QED) is 0.363. The van der Waals surface area contributed by atoms with Gasteiger partial charge in [-0.25, -0.2) is 4.79 Å². The highest BCUT2D eigenvalue weighted by atomic mass is 32.1. The number of rotatable bonds is 1. The predicted octanol–water partition coefficient (Wildman–Crippen LogP) is 7.42. The smallest absolute Gasteiger partial charge is 0.337 e. The summed E-state index contributed by atoms with van der Waals surface area (Å²) in [7, 11) is 0. The summed E-state index contributed by atoms with van der Waals surface area (Å²) in [5.41, 5.74) is 1.18. The van der Waals surface area contributed by atoms with Crippen molar-refractivity contribution >= 4 is 48.8 Å². The van der Waals surface area contributed by atoms with Crippen LogP contribution in [0.5, 0.6) is 0 Å². The number of thiophene rings is 2. The van der Waals surface area contributed by atoms with Crippen molar-refractivity contribution in [1.82, 2.24) is 0 Å². The van der Waals surface area contributed by atoms with Gasteiger partial charge in [0.15, 0.2) is 0 Å². The molecular formula is C22H23NO2S2. The molecule has 2 heterocycles. The number of carboxylic acids is 1. The van der Waals surface area contributed by atoms with Crippen molar-refractivity contribution in [1.29, 1.82) is 5.26 Å². The van der Waals surface area contributed by atoms with Crippen molar-refractivity contribution in [3.63, 3.8) is 0 Å². The zero-order valence-electron chi connectivity index (χ0n) is 15.9. The summed E-state index contributed by atoms with van der Waals surface area (Å²) in [5, 5.41) is 22.9. The van der Waals surface area contributed by atoms with Gasteiger partial charge in [0.05, 0.1) is 11.1 Å². The number of benzene rings is 2. The van der Waals surface area contributed by atoms with E-state index in [1.807, 2.05) is 81.6 Å². The number of fused-ring (bicyclic) bond motifs is 2. The molecule has 4 rings (SSSR count). The van der Waals surface area contributed by atoms with Gasteiger partial charge in [-0.1, -0.05) is 64.1 Å². The molecule has 1 N–H and O–H groups in total. The van der Waals surface area contributed by atoms with Gasteiger partial charge >= 0.3 is 5.97 Å². The van der Waals surface area contributed by atoms with E-state index >= 15 is 0 Å². The monoisotopic (exact) mass is 397 g/mol. The second kappa shape index (κ2) is 11.8. The Morgan fingerprint density at radius 3 is 1.89 bits per heavy atom. The van der Waals surface area contributed by atoms with Gasteiger partial charge in [0, 0.05) is 30.9 Å². The molecule has 0 amide bonds. The molecular weight excluding hydrogens is 374 g/mol. The average molecular weight is 398 g/mol. The molecule has 5 heteroatoms. The number of carbonyl (C=O) groups is 1. The van der Waals surface area contributed by atoms with Crippen LogP contribution in [0.4, 0.5) is 0 Å². The predicted molar refractivity (Wildman–Crippen MR) is 118 cm³/mol. The Hall–Kier alpha value is -2.68. The van der Waals surface area contributed by atoms with Crippen LogP contribution in [0.25, 0.3) is 20.2 Å². The molecule has 140 valence electrons. The fraction of sp³-hybridized carbons (Fsp3) is 0.182. The lowest BCUT2D eigenvalue weighted by atomic mass is 10.2. The highest BCUT2D eigenvalue weighted by Crippen LogP contribution is 2.25. The molecule has 0 aliphatic rings. The highest BCUT2D eigenvalue weighted by Gasteiger charge is 2.08. The van der Waals surface area contributed by atoms with Crippen LogP contribution < -0.4 is 0 Å². The second-order valence-corrected chi connectivity index (χ2v) is 6.53. The van der Waals surface area contributed by atoms with Crippen LogP contribution >= 0.6 is 22.7 Å². The molecule has 0 radical (unpaired) electrons. The molecule has 0 bridgehead atoms. The summed E-state index contributed by atoms with van der Waals surface area (Å²) in [6.45, 7) is 8.00. The van der Waals surface area contributed by atoms with E-state index in [-0.39, 0.29) is 0 Å². The van der Waals surface area contributed by atoms with Crippen LogP contribution in [0.15, 0.2) is 59.3 Å². The minimum absolute atomic E-state index is 0.399. The number of aromatic carboxylic acids is 1. The summed E-state index contributed by atoms with van der Waals surface area (Å²) in [5.74, 6) is -0.854. The summed E-state index contributed by atoms with van der Waals surface area (Å²) >= 11 is 3.08. The third kappa shape index (κ3) is 5.65. The summed E-state index contributed by atoms with van der Waals surface area (Å²) < 4.78 is 2.21. The van der Waals surface area contributed by atoms with Gasteiger partial charge in [0.1, 0.15) is 6.07 Å². The van der Waals surface area contributed by atoms with Gasteiger partial charge in [-0.3, -0.25) is 0 Å². The van der Waals surface area contributed by atoms with Crippen LogP contribution in [0, 0.1) is 11.3 Å². The number of nitriles is 1. The normalized spacial score (nSPS) is 9.00. The third-order valence-electron chi connectivity index (χ3n) is 3.31. The molecule has 0 unspecified atom stereocenters. The van der Waals surface area contributed by atoms with Crippen LogP contribution in [-0.4, -0.2) is 11.1 Å². The van der Waals surface area contributed by atoms with Crippen molar-refractivity contribution in [2.24, 2.45) is 0 Å². The largest absolute Gasteiger partial charge is 0.478 e. The molecule has 3 nitrogen and oxygen atoms in total. The lowest BCUT2D eigenvalue weighted by Gasteiger charge is -1.89. The Balaban J connectivity index is 0.000000229. The first-order chi connectivity index (χ1) is 13.2. The summed E-state index contributed by atoms with van der Waals surface area (Å²) in [6, 6.07) is 17.6. The Morgan fingerprint density at radius 2 is 1.33 bits per heavy atom. The molecule has 4 aromatic rings. The zero-order chi connectivity index (χ0) is 20.2. The molecule has 0 atom stereocenters. The van der Waals surface area contributed by atoms with E-state index in [9.17, 15) is 4.79 Å². The minimum atomic E-state index is -0.854. The van der Waals surface area contributed by atoms with E-state index in [4.69, 9.17) is 10.4 Å². The average Bonchev–Trinajstić information content (AvgIpc) is 3.35. The zero-order valence-corrected chi connectivity index (χ0v) is 17.5. The van der Waals surface area contributed by atoms with Gasteiger partial charge in [-0.15, -0.1) is 22.7 Å². The first-order valence-corrected chi connectivity index (χ1v) is 10.5. The minimum Gasteiger partial charge on any atom is -0.478 e. The molecule has 0 saturated heterocycles. The molecule has 0 aliphatic heterocycles. The number of hydrogen-bond donors (Lipinski definition) is 1. The molecule has 2 aromatic heterocycles. The van der Waals surface area contributed by atoms with Crippen molar-refractivity contribution < 1.29 is 9.90 Å². The molecule has 0 spiro atoms. The summed E-state index contributed by atoms with van der Waals surface area (Å²) in [6.07, 6.45) is 0. The van der Waals surface area contributed by atoms with Crippen molar-refractivity contribution in [2.45, 2.75) is 27.7 Å². The van der Waals surface area contributed by atoms with E-state index in [1.165, 1.54) is 16.0 Å². The van der Waals surface area contributed by atoms with Crippen molar-refractivity contribution in [3.05, 3.63) is 70.4 Å². The van der Waals surface area contributed by atoms with E-state index in [2.05, 4.69) is 6.07 Å². The standard InChI is InChI=1S/C9H5NS.C9H6O2S.2C2H6/c10-5-7-6-11-9-4-2-1-3-8(7)9;10-9(11)7-5-12-8-4-2-1-3-6(7)8;2*1-2/h1-4,6H;1-5H,(H,10,11);2*1-2H3. The lowest BCUT2D eigenvalue weighted by molar-refractivity contribution is 0.0699. The Morgan fingerprint density at radius 1 is 0.852 bits per heavy atom. The molecule has 0 saturated carbocycles. The number of hydrogen-bond acceptors (Lipinski definition) is 4. The van der Waals surface area contributed by atoms with Crippen molar-refractivity contribution in [3.8, 4) is 6.07 Å². The first kappa shape index (κ1) is 22.4. The van der Waals surface area contributed by atoms with Crippen molar-refractivity contribution in [2.75, 3.05) is 0 Å². The van der Waals surface area contributed by atoms with Crippen LogP contribution in [0.1, 0.15) is 43.6 Å². The Bertz CT molecular complexity index is 1030. The topological polar surface area (TPSA) is 61.1 Å². The maximum Gasteiger partial charge on any atom is 0.337 e. The maximum absolute atomic E-state index is 10.7. The van der Waals surface area contributed by atoms with E-state index < -0.39 is 5.97 Å². The number of nitrogens with zero attached hydrogens (tertiary/aromatic N) is 1. The van der Waals surface area contributed by atoms with Gasteiger partial charge in [-0.2, -0.15) is 5.26 Å². The molecule has 0 fully saturated rings. The third-order valence-corrected chi connectivity index (χ3v) is 5.24. The van der Waals surface area contributed by atoms with Gasteiger partial charge < -0.3 is 5.11 Å². The molecule has 0 aliphatic carbocycles. The fourth-order valence-corrected chi connectivity index (χ4v) is 4.03. The SMILES string of the molecule is CC.CC.N#Cc1csc2ccccc12.O=C(O)c1csc2ccccc12.